The fourth-order valence-electron chi connectivity index (χ4n) is 1.87. The second kappa shape index (κ2) is 4.36. The van der Waals surface area contributed by atoms with Crippen molar-refractivity contribution >= 4 is 0 Å². The van der Waals surface area contributed by atoms with Gasteiger partial charge in [0.2, 0.25) is 0 Å². The Morgan fingerprint density at radius 2 is 2.07 bits per heavy atom. The van der Waals surface area contributed by atoms with Crippen LogP contribution in [0.4, 0.5) is 0 Å². The summed E-state index contributed by atoms with van der Waals surface area (Å²) in [6.07, 6.45) is 2.78. The highest BCUT2D eigenvalue weighted by molar-refractivity contribution is 5.34. The van der Waals surface area contributed by atoms with Crippen molar-refractivity contribution in [2.24, 2.45) is 0 Å². The zero-order chi connectivity index (χ0) is 10.8. The van der Waals surface area contributed by atoms with Crippen molar-refractivity contribution in [1.82, 2.24) is 5.32 Å². The Balaban J connectivity index is 2.09. The Kier molecular flexibility index (Phi) is 3.11. The van der Waals surface area contributed by atoms with Crippen LogP contribution in [0.15, 0.2) is 18.2 Å². The molecule has 82 valence electrons. The average Bonchev–Trinajstić information content (AvgIpc) is 3.00. The molecule has 1 aromatic rings. The molecule has 0 aromatic heterocycles. The van der Waals surface area contributed by atoms with Crippen LogP contribution >= 0.6 is 0 Å². The van der Waals surface area contributed by atoms with Gasteiger partial charge in [0.1, 0.15) is 0 Å². The summed E-state index contributed by atoms with van der Waals surface area (Å²) in [5.74, 6) is 0.864. The lowest BCUT2D eigenvalue weighted by Gasteiger charge is -2.12. The summed E-state index contributed by atoms with van der Waals surface area (Å²) in [7, 11) is 0. The van der Waals surface area contributed by atoms with Crippen molar-refractivity contribution in [2.45, 2.75) is 52.1 Å². The summed E-state index contributed by atoms with van der Waals surface area (Å²) in [6.45, 7) is 7.60. The molecule has 2 rings (SSSR count). The van der Waals surface area contributed by atoms with E-state index in [4.69, 9.17) is 0 Å². The van der Waals surface area contributed by atoms with E-state index in [9.17, 15) is 0 Å². The zero-order valence-electron chi connectivity index (χ0n) is 10.0. The van der Waals surface area contributed by atoms with Crippen molar-refractivity contribution in [3.63, 3.8) is 0 Å². The minimum Gasteiger partial charge on any atom is -0.310 e. The number of benzene rings is 1. The Morgan fingerprint density at radius 1 is 1.33 bits per heavy atom. The first-order valence-corrected chi connectivity index (χ1v) is 5.99. The van der Waals surface area contributed by atoms with E-state index in [2.05, 4.69) is 44.3 Å². The smallest absolute Gasteiger partial charge is 0.0210 e. The molecule has 0 aliphatic heterocycles. The molecule has 1 N–H and O–H groups in total. The van der Waals surface area contributed by atoms with Crippen LogP contribution in [0.2, 0.25) is 0 Å². The minimum absolute atomic E-state index is 0.564. The topological polar surface area (TPSA) is 12.0 Å². The highest BCUT2D eigenvalue weighted by Gasteiger charge is 2.23. The van der Waals surface area contributed by atoms with E-state index >= 15 is 0 Å². The first-order valence-electron chi connectivity index (χ1n) is 5.99. The van der Waals surface area contributed by atoms with Gasteiger partial charge in [0.05, 0.1) is 0 Å². The van der Waals surface area contributed by atoms with Crippen LogP contribution in [-0.4, -0.2) is 6.04 Å². The van der Waals surface area contributed by atoms with Gasteiger partial charge in [0.25, 0.3) is 0 Å². The summed E-state index contributed by atoms with van der Waals surface area (Å²) in [5, 5.41) is 3.49. The van der Waals surface area contributed by atoms with Gasteiger partial charge in [-0.25, -0.2) is 0 Å². The van der Waals surface area contributed by atoms with Crippen LogP contribution in [0, 0.1) is 6.92 Å². The van der Waals surface area contributed by atoms with Gasteiger partial charge >= 0.3 is 0 Å². The molecule has 15 heavy (non-hydrogen) atoms. The summed E-state index contributed by atoms with van der Waals surface area (Å²) < 4.78 is 0. The molecule has 1 aliphatic carbocycles. The number of hydrogen-bond donors (Lipinski definition) is 1. The third-order valence-electron chi connectivity index (χ3n) is 3.12. The van der Waals surface area contributed by atoms with Crippen LogP contribution in [-0.2, 0) is 6.54 Å². The molecule has 0 atom stereocenters. The molecule has 0 heterocycles. The second-order valence-corrected chi connectivity index (χ2v) is 5.00. The molecule has 0 bridgehead atoms. The van der Waals surface area contributed by atoms with Gasteiger partial charge in [0, 0.05) is 12.6 Å². The predicted molar refractivity (Wildman–Crippen MR) is 65.1 cm³/mol. The summed E-state index contributed by atoms with van der Waals surface area (Å²) in [5.41, 5.74) is 4.42. The standard InChI is InChI=1S/C14H21N/c1-10(2)15-9-14-8-13(12-6-7-12)5-4-11(14)3/h4-5,8,10,12,15H,6-7,9H2,1-3H3. The maximum absolute atomic E-state index is 3.49. The molecule has 0 radical (unpaired) electrons. The highest BCUT2D eigenvalue weighted by atomic mass is 14.9. The summed E-state index contributed by atoms with van der Waals surface area (Å²) in [6, 6.07) is 7.52. The van der Waals surface area contributed by atoms with Gasteiger partial charge in [-0.3, -0.25) is 0 Å². The van der Waals surface area contributed by atoms with Crippen molar-refractivity contribution in [1.29, 1.82) is 0 Å². The zero-order valence-corrected chi connectivity index (χ0v) is 10.0. The van der Waals surface area contributed by atoms with Gasteiger partial charge in [-0.2, -0.15) is 0 Å². The Morgan fingerprint density at radius 3 is 2.67 bits per heavy atom. The van der Waals surface area contributed by atoms with Gasteiger partial charge in [-0.1, -0.05) is 32.0 Å². The van der Waals surface area contributed by atoms with E-state index in [1.165, 1.54) is 24.0 Å². The maximum Gasteiger partial charge on any atom is 0.0210 e. The van der Waals surface area contributed by atoms with Crippen LogP contribution < -0.4 is 5.32 Å². The van der Waals surface area contributed by atoms with Crippen LogP contribution in [0.1, 0.15) is 49.3 Å². The number of hydrogen-bond acceptors (Lipinski definition) is 1. The van der Waals surface area contributed by atoms with E-state index < -0.39 is 0 Å². The maximum atomic E-state index is 3.49. The third kappa shape index (κ3) is 2.82. The van der Waals surface area contributed by atoms with Gasteiger partial charge in [-0.15, -0.1) is 0 Å². The number of rotatable bonds is 4. The van der Waals surface area contributed by atoms with Gasteiger partial charge in [0.15, 0.2) is 0 Å². The predicted octanol–water partition coefficient (Wildman–Crippen LogP) is 3.37. The lowest BCUT2D eigenvalue weighted by atomic mass is 10.0. The SMILES string of the molecule is Cc1ccc(C2CC2)cc1CNC(C)C. The van der Waals surface area contributed by atoms with E-state index in [-0.39, 0.29) is 0 Å². The number of aryl methyl sites for hydroxylation is 1. The van der Waals surface area contributed by atoms with Crippen molar-refractivity contribution in [2.75, 3.05) is 0 Å². The molecule has 0 amide bonds. The molecular formula is C14H21N. The van der Waals surface area contributed by atoms with E-state index in [1.54, 1.807) is 5.56 Å². The minimum atomic E-state index is 0.564. The second-order valence-electron chi connectivity index (χ2n) is 5.00. The molecule has 1 aromatic carbocycles. The Labute approximate surface area is 92.9 Å². The molecule has 0 saturated heterocycles. The lowest BCUT2D eigenvalue weighted by molar-refractivity contribution is 0.587. The lowest BCUT2D eigenvalue weighted by Crippen LogP contribution is -2.22. The van der Waals surface area contributed by atoms with E-state index in [1.807, 2.05) is 0 Å². The first-order chi connectivity index (χ1) is 7.16. The molecule has 1 fully saturated rings. The monoisotopic (exact) mass is 203 g/mol. The fraction of sp³-hybridized carbons (Fsp3) is 0.571. The molecular weight excluding hydrogens is 182 g/mol. The molecule has 0 spiro atoms. The highest BCUT2D eigenvalue weighted by Crippen LogP contribution is 2.40. The normalized spacial score (nSPS) is 16.0. The average molecular weight is 203 g/mol. The van der Waals surface area contributed by atoms with E-state index in [0.29, 0.717) is 6.04 Å². The Bertz CT molecular complexity index is 337. The molecule has 1 aliphatic rings. The van der Waals surface area contributed by atoms with Gasteiger partial charge in [-0.05, 0) is 42.4 Å². The van der Waals surface area contributed by atoms with Crippen LogP contribution in [0.3, 0.4) is 0 Å². The van der Waals surface area contributed by atoms with Crippen molar-refractivity contribution < 1.29 is 0 Å². The summed E-state index contributed by atoms with van der Waals surface area (Å²) in [4.78, 5) is 0. The molecule has 1 saturated carbocycles. The van der Waals surface area contributed by atoms with Crippen LogP contribution in [0.25, 0.3) is 0 Å². The fourth-order valence-corrected chi connectivity index (χ4v) is 1.87. The van der Waals surface area contributed by atoms with Gasteiger partial charge < -0.3 is 5.32 Å². The number of nitrogens with one attached hydrogen (secondary N) is 1. The molecule has 1 heteroatoms. The summed E-state index contributed by atoms with van der Waals surface area (Å²) >= 11 is 0. The van der Waals surface area contributed by atoms with Crippen molar-refractivity contribution in [3.8, 4) is 0 Å². The van der Waals surface area contributed by atoms with Crippen molar-refractivity contribution in [3.05, 3.63) is 34.9 Å². The molecule has 1 nitrogen and oxygen atoms in total. The largest absolute Gasteiger partial charge is 0.310 e. The Hall–Kier alpha value is -0.820. The quantitative estimate of drug-likeness (QED) is 0.791. The molecule has 0 unspecified atom stereocenters. The third-order valence-corrected chi connectivity index (χ3v) is 3.12. The van der Waals surface area contributed by atoms with Crippen LogP contribution in [0.5, 0.6) is 0 Å². The van der Waals surface area contributed by atoms with E-state index in [0.717, 1.165) is 12.5 Å². The first kappa shape index (κ1) is 10.7.